The smallest absolute Gasteiger partial charge is 0.503 e. The third-order valence-corrected chi connectivity index (χ3v) is 9.00. The molecule has 0 atom stereocenters. The van der Waals surface area contributed by atoms with Gasteiger partial charge < -0.3 is 18.4 Å². The molecule has 0 N–H and O–H groups in total. The van der Waals surface area contributed by atoms with Gasteiger partial charge in [-0.15, -0.1) is 24.3 Å². The fourth-order valence-electron chi connectivity index (χ4n) is 6.58. The van der Waals surface area contributed by atoms with Gasteiger partial charge in [0.2, 0.25) is 0 Å². The van der Waals surface area contributed by atoms with Gasteiger partial charge in [0.1, 0.15) is 5.82 Å². The Hall–Kier alpha value is -4.36. The molecule has 1 aliphatic rings. The zero-order valence-corrected chi connectivity index (χ0v) is 30.7. The Kier molecular flexibility index (Phi) is 8.80. The van der Waals surface area contributed by atoms with Crippen molar-refractivity contribution in [3.05, 3.63) is 113 Å². The van der Waals surface area contributed by atoms with E-state index in [0.29, 0.717) is 40.3 Å². The van der Waals surface area contributed by atoms with Crippen molar-refractivity contribution in [2.75, 3.05) is 11.9 Å². The van der Waals surface area contributed by atoms with Gasteiger partial charge in [-0.05, 0) is 64.1 Å². The third-order valence-electron chi connectivity index (χ3n) is 9.00. The first kappa shape index (κ1) is 33.5. The minimum atomic E-state index is -0.531. The van der Waals surface area contributed by atoms with Crippen molar-refractivity contribution in [2.24, 2.45) is 0 Å². The van der Waals surface area contributed by atoms with E-state index in [2.05, 4.69) is 106 Å². The second kappa shape index (κ2) is 12.6. The van der Waals surface area contributed by atoms with Gasteiger partial charge in [-0.2, -0.15) is 0 Å². The van der Waals surface area contributed by atoms with Crippen LogP contribution in [0.1, 0.15) is 77.0 Å². The molecule has 7 rings (SSSR count). The van der Waals surface area contributed by atoms with E-state index in [1.165, 1.54) is 21.2 Å². The number of pyridine rings is 1. The molecule has 0 radical (unpaired) electrons. The number of anilines is 1. The van der Waals surface area contributed by atoms with Crippen molar-refractivity contribution in [3.63, 3.8) is 0 Å². The fourth-order valence-corrected chi connectivity index (χ4v) is 6.58. The topological polar surface area (TPSA) is 78.3 Å². The number of fused-ring (bicyclic) bond motifs is 4. The average molecular weight is 819 g/mol. The molecular weight excluding hydrogens is 780 g/mol. The molecule has 246 valence electrons. The summed E-state index contributed by atoms with van der Waals surface area (Å²) in [6.07, 6.45) is 5.60. The first-order chi connectivity index (χ1) is 22.4. The largest absolute Gasteiger partial charge is 2.00 e. The molecule has 0 spiro atoms. The Morgan fingerprint density at radius 1 is 0.896 bits per heavy atom. The molecule has 6 aromatic rings. The quantitative estimate of drug-likeness (QED) is 0.128. The summed E-state index contributed by atoms with van der Waals surface area (Å²) >= 11 is 0. The van der Waals surface area contributed by atoms with Crippen molar-refractivity contribution in [1.29, 1.82) is 0 Å². The van der Waals surface area contributed by atoms with Gasteiger partial charge in [-0.25, -0.2) is 9.78 Å². The van der Waals surface area contributed by atoms with Crippen molar-refractivity contribution in [3.8, 4) is 28.7 Å². The Balaban J connectivity index is 0.00000401. The summed E-state index contributed by atoms with van der Waals surface area (Å²) in [5.74, 6) is 2.44. The molecular formula is C38H38BN5O3Pt. The number of nitrogens with zero attached hydrogens (tertiary/aromatic N) is 5. The molecule has 0 bridgehead atoms. The minimum absolute atomic E-state index is 0. The van der Waals surface area contributed by atoms with E-state index < -0.39 is 5.76 Å². The first-order valence-corrected chi connectivity index (χ1v) is 16.1. The number of hydrogen-bond donors (Lipinski definition) is 0. The zero-order chi connectivity index (χ0) is 33.2. The molecule has 48 heavy (non-hydrogen) atoms. The summed E-state index contributed by atoms with van der Waals surface area (Å²) in [5.41, 5.74) is 7.65. The summed E-state index contributed by atoms with van der Waals surface area (Å²) < 4.78 is 15.5. The van der Waals surface area contributed by atoms with Gasteiger partial charge in [0.15, 0.2) is 0 Å². The Morgan fingerprint density at radius 3 is 2.27 bits per heavy atom. The molecule has 0 fully saturated rings. The van der Waals surface area contributed by atoms with Crippen LogP contribution in [-0.2, 0) is 26.5 Å². The molecule has 3 aromatic heterocycles. The normalized spacial score (nSPS) is 12.8. The van der Waals surface area contributed by atoms with Crippen molar-refractivity contribution in [2.45, 2.75) is 65.7 Å². The Morgan fingerprint density at radius 2 is 1.58 bits per heavy atom. The van der Waals surface area contributed by atoms with E-state index in [4.69, 9.17) is 14.1 Å². The van der Waals surface area contributed by atoms with E-state index in [0.717, 1.165) is 22.6 Å². The summed E-state index contributed by atoms with van der Waals surface area (Å²) in [7, 11) is 2.13. The van der Waals surface area contributed by atoms with E-state index >= 15 is 0 Å². The molecule has 1 aliphatic heterocycles. The molecule has 3 aromatic carbocycles. The van der Waals surface area contributed by atoms with Gasteiger partial charge in [-0.3, -0.25) is 9.55 Å². The molecule has 10 heteroatoms. The Labute approximate surface area is 296 Å². The number of rotatable bonds is 6. The molecule has 0 unspecified atom stereocenters. The first-order valence-electron chi connectivity index (χ1n) is 16.1. The number of oxazole rings is 1. The van der Waals surface area contributed by atoms with Gasteiger partial charge in [0, 0.05) is 41.5 Å². The summed E-state index contributed by atoms with van der Waals surface area (Å²) in [6.45, 7) is 15.3. The van der Waals surface area contributed by atoms with Gasteiger partial charge in [-0.1, -0.05) is 90.0 Å². The standard InChI is InChI=1S/C38H38BN5O3.Pt/c1-23(2)28-10-9-11-29(24(3)4)35(28)39-42(8)31-14-12-26(21-30(31)36-41-18-19-43(36)39)46-27-13-15-33-32(22-27)44(37(45)47-33)34-20-25(16-17-40-34)38(5,6)7;/h9-20,23-24H,1-8H3;/q-2;+2. The SMILES string of the molecule is CC(C)c1cccc(C(C)C)c1B1N(C)c2ccc(Oc3[c-]c4c(cc3)oc(=O)n4-c3cc(C(C)(C)C)ccn3)[c-]c2-c2nccn21.[Pt+2]. The molecule has 8 nitrogen and oxygen atoms in total. The van der Waals surface area contributed by atoms with Crippen LogP contribution < -0.4 is 20.8 Å². The molecule has 0 saturated heterocycles. The van der Waals surface area contributed by atoms with Gasteiger partial charge in [0.25, 0.3) is 0 Å². The second-order valence-electron chi connectivity index (χ2n) is 13.9. The summed E-state index contributed by atoms with van der Waals surface area (Å²) in [5, 5.41) is 0. The number of benzene rings is 3. The molecule has 4 heterocycles. The summed E-state index contributed by atoms with van der Waals surface area (Å²) in [4.78, 5) is 24.6. The van der Waals surface area contributed by atoms with Crippen LogP contribution in [-0.4, -0.2) is 33.0 Å². The van der Waals surface area contributed by atoms with Crippen molar-refractivity contribution >= 4 is 29.2 Å². The van der Waals surface area contributed by atoms with E-state index in [9.17, 15) is 4.79 Å². The zero-order valence-electron chi connectivity index (χ0n) is 28.4. The van der Waals surface area contributed by atoms with Crippen LogP contribution in [0.4, 0.5) is 5.69 Å². The van der Waals surface area contributed by atoms with Crippen LogP contribution in [0.5, 0.6) is 11.5 Å². The van der Waals surface area contributed by atoms with Crippen LogP contribution in [0.3, 0.4) is 0 Å². The van der Waals surface area contributed by atoms with Crippen LogP contribution >= 0.6 is 0 Å². The van der Waals surface area contributed by atoms with Crippen LogP contribution in [0.25, 0.3) is 28.3 Å². The number of ether oxygens (including phenoxy) is 1. The molecule has 0 amide bonds. The monoisotopic (exact) mass is 818 g/mol. The average Bonchev–Trinajstić information content (AvgIpc) is 3.64. The van der Waals surface area contributed by atoms with E-state index in [1.807, 2.05) is 30.6 Å². The van der Waals surface area contributed by atoms with E-state index in [1.54, 1.807) is 18.3 Å². The number of aromatic nitrogens is 4. The third kappa shape index (κ3) is 5.72. The van der Waals surface area contributed by atoms with E-state index in [-0.39, 0.29) is 33.5 Å². The maximum atomic E-state index is 13.0. The van der Waals surface area contributed by atoms with Gasteiger partial charge >= 0.3 is 33.8 Å². The van der Waals surface area contributed by atoms with Crippen molar-refractivity contribution in [1.82, 2.24) is 19.0 Å². The van der Waals surface area contributed by atoms with Crippen molar-refractivity contribution < 1.29 is 30.2 Å². The predicted molar refractivity (Wildman–Crippen MR) is 188 cm³/mol. The molecule has 0 aliphatic carbocycles. The molecule has 0 saturated carbocycles. The summed E-state index contributed by atoms with van der Waals surface area (Å²) in [6, 6.07) is 24.7. The fraction of sp³-hybridized carbons (Fsp3) is 0.289. The van der Waals surface area contributed by atoms with Crippen LogP contribution in [0, 0.1) is 12.1 Å². The van der Waals surface area contributed by atoms with Crippen LogP contribution in [0.2, 0.25) is 0 Å². The van der Waals surface area contributed by atoms with Crippen LogP contribution in [0.15, 0.2) is 82.4 Å². The number of imidazole rings is 1. The minimum Gasteiger partial charge on any atom is -0.503 e. The number of hydrogen-bond acceptors (Lipinski definition) is 6. The predicted octanol–water partition coefficient (Wildman–Crippen LogP) is 7.47. The maximum Gasteiger partial charge on any atom is 2.00 e. The Bertz CT molecular complexity index is 2170. The maximum absolute atomic E-state index is 13.0. The van der Waals surface area contributed by atoms with Gasteiger partial charge in [0.05, 0.1) is 0 Å². The second-order valence-corrected chi connectivity index (χ2v) is 13.9.